The zero-order valence-electron chi connectivity index (χ0n) is 9.07. The molecule has 0 aliphatic heterocycles. The standard InChI is InChI=1S/C10H15NO3S/c1-12-8-5-4-7(6-14-11)10(15-3)9(8)13-2/h4-5H,6,11H2,1-3H3. The highest BCUT2D eigenvalue weighted by molar-refractivity contribution is 7.98. The average molecular weight is 229 g/mol. The molecule has 4 nitrogen and oxygen atoms in total. The van der Waals surface area contributed by atoms with Gasteiger partial charge in [-0.05, 0) is 17.9 Å². The summed E-state index contributed by atoms with van der Waals surface area (Å²) in [5, 5.41) is 0. The molecule has 0 saturated carbocycles. The molecule has 0 aliphatic rings. The number of benzene rings is 1. The predicted octanol–water partition coefficient (Wildman–Crippen LogP) is 1.82. The SMILES string of the molecule is COc1ccc(CON)c(SC)c1OC. The van der Waals surface area contributed by atoms with Gasteiger partial charge in [0.05, 0.1) is 25.7 Å². The fourth-order valence-corrected chi connectivity index (χ4v) is 2.13. The van der Waals surface area contributed by atoms with E-state index in [2.05, 4.69) is 4.84 Å². The first kappa shape index (κ1) is 12.2. The molecule has 0 aromatic heterocycles. The molecule has 0 aliphatic carbocycles. The Kier molecular flexibility index (Phi) is 4.74. The molecule has 0 radical (unpaired) electrons. The van der Waals surface area contributed by atoms with Gasteiger partial charge in [-0.2, -0.15) is 0 Å². The van der Waals surface area contributed by atoms with Gasteiger partial charge in [0.1, 0.15) is 0 Å². The lowest BCUT2D eigenvalue weighted by Crippen LogP contribution is -2.02. The van der Waals surface area contributed by atoms with Gasteiger partial charge in [0, 0.05) is 0 Å². The second-order valence-electron chi connectivity index (χ2n) is 2.80. The largest absolute Gasteiger partial charge is 0.493 e. The molecule has 2 N–H and O–H groups in total. The van der Waals surface area contributed by atoms with E-state index in [4.69, 9.17) is 15.4 Å². The molecule has 0 heterocycles. The number of hydrogen-bond acceptors (Lipinski definition) is 5. The van der Waals surface area contributed by atoms with Crippen molar-refractivity contribution >= 4 is 11.8 Å². The molecule has 1 aromatic rings. The topological polar surface area (TPSA) is 53.7 Å². The highest BCUT2D eigenvalue weighted by Gasteiger charge is 2.13. The van der Waals surface area contributed by atoms with Crippen LogP contribution in [0.4, 0.5) is 0 Å². The number of ether oxygens (including phenoxy) is 2. The number of methoxy groups -OCH3 is 2. The van der Waals surface area contributed by atoms with Gasteiger partial charge in [-0.3, -0.25) is 4.84 Å². The average Bonchev–Trinajstić information content (AvgIpc) is 2.28. The summed E-state index contributed by atoms with van der Waals surface area (Å²) in [6.45, 7) is 0.358. The van der Waals surface area contributed by atoms with Crippen molar-refractivity contribution in [3.63, 3.8) is 0 Å². The Morgan fingerprint density at radius 3 is 2.47 bits per heavy atom. The Morgan fingerprint density at radius 2 is 2.00 bits per heavy atom. The number of hydrogen-bond donors (Lipinski definition) is 1. The van der Waals surface area contributed by atoms with Crippen molar-refractivity contribution in [3.8, 4) is 11.5 Å². The minimum Gasteiger partial charge on any atom is -0.493 e. The van der Waals surface area contributed by atoms with Gasteiger partial charge in [0.2, 0.25) is 0 Å². The van der Waals surface area contributed by atoms with Crippen LogP contribution in [0, 0.1) is 0 Å². The van der Waals surface area contributed by atoms with E-state index >= 15 is 0 Å². The lowest BCUT2D eigenvalue weighted by atomic mass is 10.2. The van der Waals surface area contributed by atoms with Crippen LogP contribution in [0.5, 0.6) is 11.5 Å². The molecule has 5 heteroatoms. The molecular weight excluding hydrogens is 214 g/mol. The lowest BCUT2D eigenvalue weighted by molar-refractivity contribution is 0.122. The summed E-state index contributed by atoms with van der Waals surface area (Å²) in [6, 6.07) is 3.76. The summed E-state index contributed by atoms with van der Waals surface area (Å²) in [7, 11) is 3.23. The first-order chi connectivity index (χ1) is 7.28. The Labute approximate surface area is 93.6 Å². The molecule has 0 amide bonds. The van der Waals surface area contributed by atoms with Crippen molar-refractivity contribution in [1.29, 1.82) is 0 Å². The second-order valence-corrected chi connectivity index (χ2v) is 3.62. The highest BCUT2D eigenvalue weighted by Crippen LogP contribution is 2.39. The van der Waals surface area contributed by atoms with Crippen LogP contribution in [0.2, 0.25) is 0 Å². The molecule has 0 atom stereocenters. The van der Waals surface area contributed by atoms with E-state index in [9.17, 15) is 0 Å². The van der Waals surface area contributed by atoms with Crippen LogP contribution in [-0.2, 0) is 11.4 Å². The molecule has 0 unspecified atom stereocenters. The molecular formula is C10H15NO3S. The minimum atomic E-state index is 0.358. The van der Waals surface area contributed by atoms with Gasteiger partial charge in [0.15, 0.2) is 11.5 Å². The van der Waals surface area contributed by atoms with E-state index in [0.29, 0.717) is 12.4 Å². The number of rotatable bonds is 5. The number of thioether (sulfide) groups is 1. The second kappa shape index (κ2) is 5.85. The number of nitrogens with two attached hydrogens (primary N) is 1. The Morgan fingerprint density at radius 1 is 1.27 bits per heavy atom. The summed E-state index contributed by atoms with van der Waals surface area (Å²) in [6.07, 6.45) is 1.97. The zero-order valence-corrected chi connectivity index (χ0v) is 9.89. The van der Waals surface area contributed by atoms with Crippen molar-refractivity contribution in [2.24, 2.45) is 5.90 Å². The van der Waals surface area contributed by atoms with Crippen molar-refractivity contribution in [2.45, 2.75) is 11.5 Å². The van der Waals surface area contributed by atoms with Gasteiger partial charge in [-0.15, -0.1) is 11.8 Å². The molecule has 15 heavy (non-hydrogen) atoms. The predicted molar refractivity (Wildman–Crippen MR) is 60.3 cm³/mol. The maximum atomic E-state index is 5.30. The molecule has 84 valence electrons. The zero-order chi connectivity index (χ0) is 11.3. The Hall–Kier alpha value is -0.910. The van der Waals surface area contributed by atoms with Crippen LogP contribution in [0.15, 0.2) is 17.0 Å². The summed E-state index contributed by atoms with van der Waals surface area (Å²) >= 11 is 1.58. The first-order valence-electron chi connectivity index (χ1n) is 4.38. The van der Waals surface area contributed by atoms with Crippen LogP contribution < -0.4 is 15.4 Å². The van der Waals surface area contributed by atoms with Crippen molar-refractivity contribution < 1.29 is 14.3 Å². The smallest absolute Gasteiger partial charge is 0.174 e. The third kappa shape index (κ3) is 2.56. The normalized spacial score (nSPS) is 10.1. The fourth-order valence-electron chi connectivity index (χ4n) is 1.37. The molecule has 1 rings (SSSR count). The van der Waals surface area contributed by atoms with Crippen molar-refractivity contribution in [1.82, 2.24) is 0 Å². The maximum absolute atomic E-state index is 5.30. The van der Waals surface area contributed by atoms with Gasteiger partial charge in [-0.1, -0.05) is 6.07 Å². The van der Waals surface area contributed by atoms with Gasteiger partial charge in [0.25, 0.3) is 0 Å². The molecule has 0 bridgehead atoms. The Bertz CT molecular complexity index is 331. The van der Waals surface area contributed by atoms with E-state index in [1.165, 1.54) is 0 Å². The highest BCUT2D eigenvalue weighted by atomic mass is 32.2. The summed E-state index contributed by atoms with van der Waals surface area (Å²) in [5.74, 6) is 6.50. The van der Waals surface area contributed by atoms with E-state index in [-0.39, 0.29) is 0 Å². The summed E-state index contributed by atoms with van der Waals surface area (Å²) in [4.78, 5) is 5.62. The first-order valence-corrected chi connectivity index (χ1v) is 5.60. The third-order valence-corrected chi connectivity index (χ3v) is 2.88. The molecule has 0 spiro atoms. The monoisotopic (exact) mass is 229 g/mol. The summed E-state index contributed by atoms with van der Waals surface area (Å²) < 4.78 is 10.5. The van der Waals surface area contributed by atoms with Crippen LogP contribution in [0.1, 0.15) is 5.56 Å². The maximum Gasteiger partial charge on any atom is 0.174 e. The Balaban J connectivity index is 3.21. The summed E-state index contributed by atoms with van der Waals surface area (Å²) in [5.41, 5.74) is 0.989. The van der Waals surface area contributed by atoms with Crippen molar-refractivity contribution in [2.75, 3.05) is 20.5 Å². The van der Waals surface area contributed by atoms with Gasteiger partial charge >= 0.3 is 0 Å². The lowest BCUT2D eigenvalue weighted by Gasteiger charge is -2.14. The van der Waals surface area contributed by atoms with Crippen molar-refractivity contribution in [3.05, 3.63) is 17.7 Å². The molecule has 1 aromatic carbocycles. The van der Waals surface area contributed by atoms with Crippen LogP contribution in [0.3, 0.4) is 0 Å². The molecule has 0 saturated heterocycles. The molecule has 0 fully saturated rings. The van der Waals surface area contributed by atoms with Gasteiger partial charge in [-0.25, -0.2) is 5.90 Å². The minimum absolute atomic E-state index is 0.358. The fraction of sp³-hybridized carbons (Fsp3) is 0.400. The van der Waals surface area contributed by atoms with Crippen LogP contribution in [0.25, 0.3) is 0 Å². The van der Waals surface area contributed by atoms with Crippen LogP contribution in [-0.4, -0.2) is 20.5 Å². The van der Waals surface area contributed by atoms with Gasteiger partial charge < -0.3 is 9.47 Å². The quantitative estimate of drug-likeness (QED) is 0.616. The van der Waals surface area contributed by atoms with E-state index in [1.807, 2.05) is 18.4 Å². The third-order valence-electron chi connectivity index (χ3n) is 2.02. The van der Waals surface area contributed by atoms with Crippen LogP contribution >= 0.6 is 11.8 Å². The van der Waals surface area contributed by atoms with E-state index in [1.54, 1.807) is 26.0 Å². The van der Waals surface area contributed by atoms with E-state index < -0.39 is 0 Å². The van der Waals surface area contributed by atoms with E-state index in [0.717, 1.165) is 16.2 Å².